The second-order valence-electron chi connectivity index (χ2n) is 3.98. The van der Waals surface area contributed by atoms with E-state index in [-0.39, 0.29) is 23.7 Å². The molecule has 0 bridgehead atoms. The molecule has 1 aliphatic heterocycles. The van der Waals surface area contributed by atoms with E-state index in [0.29, 0.717) is 5.92 Å². The molecule has 2 fully saturated rings. The molecular formula is C9H13NO2. The van der Waals surface area contributed by atoms with Crippen LogP contribution in [0.5, 0.6) is 0 Å². The van der Waals surface area contributed by atoms with Crippen LogP contribution in [0.1, 0.15) is 26.2 Å². The summed E-state index contributed by atoms with van der Waals surface area (Å²) >= 11 is 0. The minimum Gasteiger partial charge on any atom is -0.296 e. The lowest BCUT2D eigenvalue weighted by Gasteiger charge is -2.25. The number of carbonyl (C=O) groups is 2. The third kappa shape index (κ3) is 1.04. The highest BCUT2D eigenvalue weighted by Crippen LogP contribution is 2.36. The van der Waals surface area contributed by atoms with Gasteiger partial charge in [-0.05, 0) is 25.2 Å². The quantitative estimate of drug-likeness (QED) is 0.540. The smallest absolute Gasteiger partial charge is 0.230 e. The lowest BCUT2D eigenvalue weighted by Crippen LogP contribution is -2.25. The number of amides is 2. The zero-order chi connectivity index (χ0) is 8.72. The van der Waals surface area contributed by atoms with Gasteiger partial charge in [0.1, 0.15) is 0 Å². The van der Waals surface area contributed by atoms with Crippen LogP contribution >= 0.6 is 0 Å². The summed E-state index contributed by atoms with van der Waals surface area (Å²) in [6.07, 6.45) is 2.87. The van der Waals surface area contributed by atoms with Gasteiger partial charge < -0.3 is 0 Å². The molecule has 0 aromatic carbocycles. The molecule has 0 unspecified atom stereocenters. The second kappa shape index (κ2) is 2.57. The molecule has 1 saturated heterocycles. The lowest BCUT2D eigenvalue weighted by atomic mass is 9.76. The van der Waals surface area contributed by atoms with Gasteiger partial charge in [0.15, 0.2) is 0 Å². The molecule has 0 radical (unpaired) electrons. The molecule has 2 aliphatic rings. The number of carbonyl (C=O) groups excluding carboxylic acids is 2. The van der Waals surface area contributed by atoms with E-state index in [0.717, 1.165) is 19.3 Å². The molecule has 2 rings (SSSR count). The van der Waals surface area contributed by atoms with Gasteiger partial charge in [0.05, 0.1) is 5.92 Å². The van der Waals surface area contributed by atoms with Crippen molar-refractivity contribution in [2.24, 2.45) is 17.8 Å². The maximum absolute atomic E-state index is 11.2. The Bertz CT molecular complexity index is 237. The molecule has 12 heavy (non-hydrogen) atoms. The van der Waals surface area contributed by atoms with Crippen molar-refractivity contribution in [1.82, 2.24) is 5.32 Å². The van der Waals surface area contributed by atoms with Crippen molar-refractivity contribution >= 4 is 11.8 Å². The van der Waals surface area contributed by atoms with E-state index in [4.69, 9.17) is 0 Å². The monoisotopic (exact) mass is 167 g/mol. The molecule has 3 nitrogen and oxygen atoms in total. The van der Waals surface area contributed by atoms with Crippen LogP contribution in [0.4, 0.5) is 0 Å². The van der Waals surface area contributed by atoms with Gasteiger partial charge in [-0.25, -0.2) is 0 Å². The summed E-state index contributed by atoms with van der Waals surface area (Å²) in [6.45, 7) is 2.15. The van der Waals surface area contributed by atoms with Gasteiger partial charge in [0.25, 0.3) is 0 Å². The summed E-state index contributed by atoms with van der Waals surface area (Å²) in [5, 5.41) is 2.40. The van der Waals surface area contributed by atoms with E-state index < -0.39 is 0 Å². The van der Waals surface area contributed by atoms with Gasteiger partial charge in [-0.1, -0.05) is 6.92 Å². The van der Waals surface area contributed by atoms with Crippen LogP contribution in [0.25, 0.3) is 0 Å². The standard InChI is InChI=1S/C9H13NO2/c1-5-2-3-6-7(4-5)9(12)10-8(6)11/h5-7H,2-4H2,1H3,(H,10,11,12)/t5-,6+,7+/m1/s1. The average molecular weight is 167 g/mol. The fourth-order valence-electron chi connectivity index (χ4n) is 2.29. The topological polar surface area (TPSA) is 46.2 Å². The van der Waals surface area contributed by atoms with E-state index in [1.807, 2.05) is 0 Å². The zero-order valence-electron chi connectivity index (χ0n) is 7.17. The minimum atomic E-state index is -0.0449. The van der Waals surface area contributed by atoms with Crippen molar-refractivity contribution in [2.45, 2.75) is 26.2 Å². The van der Waals surface area contributed by atoms with Gasteiger partial charge in [-0.2, -0.15) is 0 Å². The lowest BCUT2D eigenvalue weighted by molar-refractivity contribution is -0.126. The number of hydrogen-bond acceptors (Lipinski definition) is 2. The zero-order valence-corrected chi connectivity index (χ0v) is 7.17. The summed E-state index contributed by atoms with van der Waals surface area (Å²) < 4.78 is 0. The van der Waals surface area contributed by atoms with Crippen molar-refractivity contribution in [3.8, 4) is 0 Å². The van der Waals surface area contributed by atoms with E-state index >= 15 is 0 Å². The van der Waals surface area contributed by atoms with Crippen molar-refractivity contribution in [2.75, 3.05) is 0 Å². The molecule has 3 atom stereocenters. The van der Waals surface area contributed by atoms with Crippen LogP contribution in [0.15, 0.2) is 0 Å². The fraction of sp³-hybridized carbons (Fsp3) is 0.778. The first-order chi connectivity index (χ1) is 5.68. The Labute approximate surface area is 71.5 Å². The second-order valence-corrected chi connectivity index (χ2v) is 3.98. The van der Waals surface area contributed by atoms with Gasteiger partial charge in [-0.3, -0.25) is 14.9 Å². The minimum absolute atomic E-state index is 0.00583. The molecule has 1 heterocycles. The molecule has 1 aliphatic carbocycles. The molecule has 0 aromatic rings. The summed E-state index contributed by atoms with van der Waals surface area (Å²) in [5.74, 6) is 0.492. The molecule has 2 amide bonds. The maximum atomic E-state index is 11.2. The normalized spacial score (nSPS) is 40.9. The maximum Gasteiger partial charge on any atom is 0.230 e. The average Bonchev–Trinajstić information content (AvgIpc) is 2.28. The van der Waals surface area contributed by atoms with Crippen molar-refractivity contribution in [1.29, 1.82) is 0 Å². The summed E-state index contributed by atoms with van der Waals surface area (Å²) in [5.41, 5.74) is 0. The van der Waals surface area contributed by atoms with Gasteiger partial charge >= 0.3 is 0 Å². The highest BCUT2D eigenvalue weighted by atomic mass is 16.2. The number of hydrogen-bond donors (Lipinski definition) is 1. The number of imide groups is 1. The summed E-state index contributed by atoms with van der Waals surface area (Å²) in [6, 6.07) is 0. The predicted molar refractivity (Wildman–Crippen MR) is 43.1 cm³/mol. The van der Waals surface area contributed by atoms with Crippen LogP contribution in [0.2, 0.25) is 0 Å². The van der Waals surface area contributed by atoms with E-state index in [1.54, 1.807) is 0 Å². The molecule has 1 saturated carbocycles. The van der Waals surface area contributed by atoms with Crippen molar-refractivity contribution < 1.29 is 9.59 Å². The Kier molecular flexibility index (Phi) is 1.67. The van der Waals surface area contributed by atoms with Crippen LogP contribution in [-0.2, 0) is 9.59 Å². The SMILES string of the molecule is C[C@@H]1CC[C@@H]2C(=O)NC(=O)[C@H]2C1. The third-order valence-electron chi connectivity index (χ3n) is 3.03. The Morgan fingerprint density at radius 3 is 2.58 bits per heavy atom. The number of fused-ring (bicyclic) bond motifs is 1. The molecule has 0 aromatic heterocycles. The van der Waals surface area contributed by atoms with Crippen molar-refractivity contribution in [3.05, 3.63) is 0 Å². The molecule has 0 spiro atoms. The molecule has 3 heteroatoms. The molecular weight excluding hydrogens is 154 g/mol. The van der Waals surface area contributed by atoms with Crippen LogP contribution in [0, 0.1) is 17.8 Å². The Hall–Kier alpha value is -0.860. The molecule has 66 valence electrons. The first-order valence-electron chi connectivity index (χ1n) is 4.53. The number of rotatable bonds is 0. The van der Waals surface area contributed by atoms with Gasteiger partial charge in [0, 0.05) is 5.92 Å². The van der Waals surface area contributed by atoms with E-state index in [2.05, 4.69) is 12.2 Å². The first-order valence-corrected chi connectivity index (χ1v) is 4.53. The summed E-state index contributed by atoms with van der Waals surface area (Å²) in [7, 11) is 0. The van der Waals surface area contributed by atoms with Crippen LogP contribution in [-0.4, -0.2) is 11.8 Å². The van der Waals surface area contributed by atoms with Crippen molar-refractivity contribution in [3.63, 3.8) is 0 Å². The Morgan fingerprint density at radius 2 is 1.83 bits per heavy atom. The highest BCUT2D eigenvalue weighted by molar-refractivity contribution is 6.05. The van der Waals surface area contributed by atoms with E-state index in [1.165, 1.54) is 0 Å². The first kappa shape index (κ1) is 7.77. The molecule has 1 N–H and O–H groups in total. The third-order valence-corrected chi connectivity index (χ3v) is 3.03. The number of nitrogens with one attached hydrogen (secondary N) is 1. The Morgan fingerprint density at radius 1 is 1.17 bits per heavy atom. The predicted octanol–water partition coefficient (Wildman–Crippen LogP) is 0.695. The Balaban J connectivity index is 2.17. The largest absolute Gasteiger partial charge is 0.296 e. The van der Waals surface area contributed by atoms with Crippen LogP contribution < -0.4 is 5.32 Å². The summed E-state index contributed by atoms with van der Waals surface area (Å²) in [4.78, 5) is 22.4. The van der Waals surface area contributed by atoms with E-state index in [9.17, 15) is 9.59 Å². The van der Waals surface area contributed by atoms with Gasteiger partial charge in [-0.15, -0.1) is 0 Å². The fourth-order valence-corrected chi connectivity index (χ4v) is 2.29. The van der Waals surface area contributed by atoms with Gasteiger partial charge in [0.2, 0.25) is 11.8 Å². The van der Waals surface area contributed by atoms with Crippen LogP contribution in [0.3, 0.4) is 0 Å². The highest BCUT2D eigenvalue weighted by Gasteiger charge is 2.44.